The van der Waals surface area contributed by atoms with Crippen molar-refractivity contribution in [2.75, 3.05) is 0 Å². The molecule has 0 fully saturated rings. The number of hydroxylamine groups is 3. The standard InChI is InChI=1S/C16H23N4O3/c1-15(2)16(18,12-8-4-3-5-9-12)20(23)14(19(15)22)11-7-6-10-13(17)21/h3-5,8-9H,6-7,10-11,18H2,1-2H3,(H2,17,21). The molecule has 1 aliphatic rings. The maximum Gasteiger partial charge on any atom is 0.286 e. The van der Waals surface area contributed by atoms with Crippen LogP contribution in [-0.2, 0) is 15.7 Å². The average molecular weight is 319 g/mol. The minimum atomic E-state index is -1.46. The van der Waals surface area contributed by atoms with Crippen LogP contribution in [0.4, 0.5) is 0 Å². The zero-order valence-electron chi connectivity index (χ0n) is 13.5. The molecule has 1 aromatic carbocycles. The zero-order valence-corrected chi connectivity index (χ0v) is 13.5. The number of primary amides is 1. The first-order valence-corrected chi connectivity index (χ1v) is 7.66. The molecule has 125 valence electrons. The molecule has 0 spiro atoms. The zero-order chi connectivity index (χ0) is 17.3. The van der Waals surface area contributed by atoms with Crippen molar-refractivity contribution in [1.82, 2.24) is 5.06 Å². The Hall–Kier alpha value is -2.12. The van der Waals surface area contributed by atoms with Crippen LogP contribution in [0.15, 0.2) is 30.3 Å². The van der Waals surface area contributed by atoms with E-state index >= 15 is 0 Å². The Balaban J connectivity index is 2.30. The lowest BCUT2D eigenvalue weighted by Crippen LogP contribution is -2.60. The summed E-state index contributed by atoms with van der Waals surface area (Å²) in [6, 6.07) is 8.89. The summed E-state index contributed by atoms with van der Waals surface area (Å²) >= 11 is 0. The van der Waals surface area contributed by atoms with E-state index in [0.29, 0.717) is 28.2 Å². The van der Waals surface area contributed by atoms with Gasteiger partial charge in [0.25, 0.3) is 5.84 Å². The number of carbonyl (C=O) groups excluding carboxylic acids is 1. The first-order valence-electron chi connectivity index (χ1n) is 7.66. The molecule has 0 bridgehead atoms. The third kappa shape index (κ3) is 2.77. The summed E-state index contributed by atoms with van der Waals surface area (Å²) in [6.07, 6.45) is 1.55. The summed E-state index contributed by atoms with van der Waals surface area (Å²) in [5.41, 5.74) is 9.52. The second-order valence-corrected chi connectivity index (χ2v) is 6.37. The molecule has 0 aromatic heterocycles. The van der Waals surface area contributed by atoms with Gasteiger partial charge < -0.3 is 10.9 Å². The number of unbranched alkanes of at least 4 members (excludes halogenated alkanes) is 1. The highest BCUT2D eigenvalue weighted by atomic mass is 16.5. The summed E-state index contributed by atoms with van der Waals surface area (Å²) in [5, 5.41) is 26.1. The Morgan fingerprint density at radius 1 is 1.26 bits per heavy atom. The van der Waals surface area contributed by atoms with E-state index in [2.05, 4.69) is 0 Å². The molecule has 1 atom stereocenters. The predicted octanol–water partition coefficient (Wildman–Crippen LogP) is 1.19. The molecule has 0 saturated carbocycles. The van der Waals surface area contributed by atoms with Crippen molar-refractivity contribution in [2.45, 2.75) is 50.7 Å². The molecule has 7 heteroatoms. The van der Waals surface area contributed by atoms with Crippen LogP contribution in [0.1, 0.15) is 45.1 Å². The number of nitrogens with zero attached hydrogens (tertiary/aromatic N) is 2. The van der Waals surface area contributed by atoms with Crippen molar-refractivity contribution in [3.63, 3.8) is 0 Å². The molecule has 1 radical (unpaired) electrons. The smallest absolute Gasteiger partial charge is 0.286 e. The molecule has 2 rings (SSSR count). The topological polar surface area (TPSA) is 118 Å². The van der Waals surface area contributed by atoms with E-state index < -0.39 is 17.1 Å². The van der Waals surface area contributed by atoms with Crippen LogP contribution >= 0.6 is 0 Å². The number of amides is 1. The molecular weight excluding hydrogens is 296 g/mol. The van der Waals surface area contributed by atoms with E-state index in [4.69, 9.17) is 11.5 Å². The first kappa shape index (κ1) is 17.2. The quantitative estimate of drug-likeness (QED) is 0.465. The molecule has 1 aromatic rings. The van der Waals surface area contributed by atoms with Crippen molar-refractivity contribution in [2.24, 2.45) is 11.5 Å². The number of rotatable bonds is 6. The van der Waals surface area contributed by atoms with Gasteiger partial charge in [0.1, 0.15) is 0 Å². The van der Waals surface area contributed by atoms with E-state index in [1.54, 1.807) is 38.1 Å². The Kier molecular flexibility index (Phi) is 4.63. The van der Waals surface area contributed by atoms with Crippen molar-refractivity contribution in [1.29, 1.82) is 0 Å². The van der Waals surface area contributed by atoms with Gasteiger partial charge in [-0.3, -0.25) is 10.5 Å². The van der Waals surface area contributed by atoms with Crippen LogP contribution in [0.5, 0.6) is 0 Å². The monoisotopic (exact) mass is 319 g/mol. The van der Waals surface area contributed by atoms with Crippen molar-refractivity contribution in [3.8, 4) is 0 Å². The highest BCUT2D eigenvalue weighted by Crippen LogP contribution is 2.40. The molecule has 1 amide bonds. The first-order chi connectivity index (χ1) is 10.7. The van der Waals surface area contributed by atoms with Gasteiger partial charge in [-0.25, -0.2) is 4.74 Å². The van der Waals surface area contributed by atoms with Crippen LogP contribution in [0, 0.1) is 5.21 Å². The van der Waals surface area contributed by atoms with Crippen molar-refractivity contribution >= 4 is 11.7 Å². The molecule has 7 nitrogen and oxygen atoms in total. The minimum Gasteiger partial charge on any atom is -0.714 e. The number of hydrogen-bond acceptors (Lipinski definition) is 4. The number of benzene rings is 1. The predicted molar refractivity (Wildman–Crippen MR) is 85.2 cm³/mol. The van der Waals surface area contributed by atoms with E-state index in [-0.39, 0.29) is 18.7 Å². The Morgan fingerprint density at radius 2 is 1.87 bits per heavy atom. The number of amidine groups is 1. The molecular formula is C16H23N4O3. The van der Waals surface area contributed by atoms with Gasteiger partial charge in [0.2, 0.25) is 11.6 Å². The van der Waals surface area contributed by atoms with Crippen molar-refractivity contribution < 1.29 is 14.7 Å². The normalized spacial score (nSPS) is 23.4. The largest absolute Gasteiger partial charge is 0.714 e. The van der Waals surface area contributed by atoms with Gasteiger partial charge in [0, 0.05) is 17.2 Å². The second-order valence-electron chi connectivity index (χ2n) is 6.37. The van der Waals surface area contributed by atoms with Gasteiger partial charge in [0.15, 0.2) is 5.54 Å². The summed E-state index contributed by atoms with van der Waals surface area (Å²) in [7, 11) is 0. The SMILES string of the molecule is CC1(C)N([O])C(CCCCC(N)=O)=[N+]([O-])C1(N)c1ccccc1. The van der Waals surface area contributed by atoms with Crippen LogP contribution in [0.2, 0.25) is 0 Å². The maximum absolute atomic E-state index is 12.8. The molecule has 1 unspecified atom stereocenters. The average Bonchev–Trinajstić information content (AvgIpc) is 2.65. The van der Waals surface area contributed by atoms with E-state index in [9.17, 15) is 15.2 Å². The Labute approximate surface area is 135 Å². The summed E-state index contributed by atoms with van der Waals surface area (Å²) < 4.78 is 0.625. The summed E-state index contributed by atoms with van der Waals surface area (Å²) in [5.74, 6) is -0.303. The number of nitrogens with two attached hydrogens (primary N) is 2. The van der Waals surface area contributed by atoms with E-state index in [1.165, 1.54) is 0 Å². The lowest BCUT2D eigenvalue weighted by molar-refractivity contribution is -0.560. The Morgan fingerprint density at radius 3 is 2.43 bits per heavy atom. The van der Waals surface area contributed by atoms with E-state index in [1.807, 2.05) is 6.07 Å². The fourth-order valence-corrected chi connectivity index (χ4v) is 2.96. The molecule has 1 heterocycles. The fraction of sp³-hybridized carbons (Fsp3) is 0.500. The molecule has 0 aliphatic carbocycles. The highest BCUT2D eigenvalue weighted by Gasteiger charge is 2.63. The van der Waals surface area contributed by atoms with Gasteiger partial charge in [0.05, 0.1) is 6.42 Å². The van der Waals surface area contributed by atoms with Gasteiger partial charge in [-0.2, -0.15) is 0 Å². The van der Waals surface area contributed by atoms with Crippen LogP contribution < -0.4 is 11.5 Å². The molecule has 23 heavy (non-hydrogen) atoms. The van der Waals surface area contributed by atoms with Crippen LogP contribution in [-0.4, -0.2) is 27.1 Å². The molecule has 0 saturated heterocycles. The summed E-state index contributed by atoms with van der Waals surface area (Å²) in [6.45, 7) is 3.32. The van der Waals surface area contributed by atoms with Crippen LogP contribution in [0.25, 0.3) is 0 Å². The maximum atomic E-state index is 12.8. The Bertz CT molecular complexity index is 615. The molecule has 4 N–H and O–H groups in total. The second kappa shape index (κ2) is 6.17. The van der Waals surface area contributed by atoms with Gasteiger partial charge in [-0.1, -0.05) is 35.4 Å². The lowest BCUT2D eigenvalue weighted by Gasteiger charge is -2.36. The fourth-order valence-electron chi connectivity index (χ4n) is 2.96. The summed E-state index contributed by atoms with van der Waals surface area (Å²) in [4.78, 5) is 10.8. The molecule has 1 aliphatic heterocycles. The van der Waals surface area contributed by atoms with E-state index in [0.717, 1.165) is 0 Å². The minimum absolute atomic E-state index is 0.0887. The van der Waals surface area contributed by atoms with Gasteiger partial charge in [-0.15, -0.1) is 0 Å². The third-order valence-electron chi connectivity index (χ3n) is 4.52. The number of carbonyl (C=O) groups is 1. The van der Waals surface area contributed by atoms with Crippen molar-refractivity contribution in [3.05, 3.63) is 41.1 Å². The van der Waals surface area contributed by atoms with Crippen LogP contribution in [0.3, 0.4) is 0 Å². The lowest BCUT2D eigenvalue weighted by atomic mass is 9.83. The van der Waals surface area contributed by atoms with Gasteiger partial charge in [-0.05, 0) is 26.7 Å². The third-order valence-corrected chi connectivity index (χ3v) is 4.52. The number of hydrogen-bond donors (Lipinski definition) is 2. The van der Waals surface area contributed by atoms with Gasteiger partial charge >= 0.3 is 0 Å². The highest BCUT2D eigenvalue weighted by molar-refractivity contribution is 5.79.